The van der Waals surface area contributed by atoms with Crippen molar-refractivity contribution in [2.45, 2.75) is 26.2 Å². The van der Waals surface area contributed by atoms with E-state index >= 15 is 0 Å². The van der Waals surface area contributed by atoms with Crippen LogP contribution >= 0.6 is 0 Å². The number of anilines is 2. The number of morpholine rings is 1. The summed E-state index contributed by atoms with van der Waals surface area (Å²) in [7, 11) is 0. The van der Waals surface area contributed by atoms with E-state index in [1.165, 1.54) is 12.8 Å². The van der Waals surface area contributed by atoms with Crippen LogP contribution in [0.3, 0.4) is 0 Å². The fourth-order valence-electron chi connectivity index (χ4n) is 2.11. The molecule has 0 atom stereocenters. The van der Waals surface area contributed by atoms with E-state index in [0.717, 1.165) is 26.1 Å². The maximum atomic E-state index is 5.72. The summed E-state index contributed by atoms with van der Waals surface area (Å²) in [5, 5.41) is 3.22. The van der Waals surface area contributed by atoms with Crippen LogP contribution in [0, 0.1) is 5.92 Å². The highest BCUT2D eigenvalue weighted by atomic mass is 16.5. The highest BCUT2D eigenvalue weighted by Gasteiger charge is 2.23. The SMILES string of the molecule is CCCNc1nc(OCC2CC2)nc(N2CCOCC2)n1. The Balaban J connectivity index is 1.73. The summed E-state index contributed by atoms with van der Waals surface area (Å²) in [4.78, 5) is 15.4. The first-order valence-corrected chi connectivity index (χ1v) is 7.80. The summed E-state index contributed by atoms with van der Waals surface area (Å²) >= 11 is 0. The molecule has 0 spiro atoms. The third-order valence-electron chi connectivity index (χ3n) is 3.58. The van der Waals surface area contributed by atoms with E-state index in [0.29, 0.717) is 43.6 Å². The first kappa shape index (κ1) is 14.3. The molecular formula is C14H23N5O2. The average Bonchev–Trinajstić information content (AvgIpc) is 3.36. The average molecular weight is 293 g/mol. The number of ether oxygens (including phenoxy) is 2. The molecule has 0 bridgehead atoms. The van der Waals surface area contributed by atoms with Gasteiger partial charge in [-0.25, -0.2) is 0 Å². The minimum atomic E-state index is 0.428. The first-order chi connectivity index (χ1) is 10.3. The summed E-state index contributed by atoms with van der Waals surface area (Å²) in [5.74, 6) is 1.96. The van der Waals surface area contributed by atoms with Gasteiger partial charge < -0.3 is 19.7 Å². The molecule has 0 unspecified atom stereocenters. The fraction of sp³-hybridized carbons (Fsp3) is 0.786. The van der Waals surface area contributed by atoms with Crippen molar-refractivity contribution < 1.29 is 9.47 Å². The monoisotopic (exact) mass is 293 g/mol. The molecule has 1 aromatic rings. The van der Waals surface area contributed by atoms with Crippen molar-refractivity contribution in [2.75, 3.05) is 49.7 Å². The van der Waals surface area contributed by atoms with Gasteiger partial charge in [0.25, 0.3) is 0 Å². The number of hydrogen-bond acceptors (Lipinski definition) is 7. The van der Waals surface area contributed by atoms with Crippen molar-refractivity contribution >= 4 is 11.9 Å². The van der Waals surface area contributed by atoms with Crippen LogP contribution in [0.2, 0.25) is 0 Å². The predicted octanol–water partition coefficient (Wildman–Crippen LogP) is 1.32. The van der Waals surface area contributed by atoms with E-state index in [4.69, 9.17) is 9.47 Å². The van der Waals surface area contributed by atoms with Crippen molar-refractivity contribution in [2.24, 2.45) is 5.92 Å². The molecule has 1 aliphatic heterocycles. The molecule has 0 radical (unpaired) electrons. The van der Waals surface area contributed by atoms with E-state index in [9.17, 15) is 0 Å². The Morgan fingerprint density at radius 1 is 1.24 bits per heavy atom. The van der Waals surface area contributed by atoms with Crippen molar-refractivity contribution in [1.82, 2.24) is 15.0 Å². The molecule has 1 saturated carbocycles. The Bertz CT molecular complexity index is 461. The summed E-state index contributed by atoms with van der Waals surface area (Å²) in [6.45, 7) is 6.69. The lowest BCUT2D eigenvalue weighted by Crippen LogP contribution is -2.37. The quantitative estimate of drug-likeness (QED) is 0.812. The van der Waals surface area contributed by atoms with Gasteiger partial charge >= 0.3 is 6.01 Å². The molecule has 1 aliphatic carbocycles. The van der Waals surface area contributed by atoms with Crippen LogP contribution in [0.25, 0.3) is 0 Å². The predicted molar refractivity (Wildman–Crippen MR) is 79.9 cm³/mol. The van der Waals surface area contributed by atoms with Gasteiger partial charge in [-0.3, -0.25) is 0 Å². The van der Waals surface area contributed by atoms with Crippen LogP contribution in [0.5, 0.6) is 6.01 Å². The van der Waals surface area contributed by atoms with Gasteiger partial charge in [-0.15, -0.1) is 0 Å². The molecule has 0 aromatic carbocycles. The standard InChI is InChI=1S/C14H23N5O2/c1-2-5-15-12-16-13(19-6-8-20-9-7-19)18-14(17-12)21-10-11-3-4-11/h11H,2-10H2,1H3,(H,15,16,17,18). The van der Waals surface area contributed by atoms with Gasteiger partial charge in [0.2, 0.25) is 11.9 Å². The van der Waals surface area contributed by atoms with E-state index in [2.05, 4.69) is 32.1 Å². The Morgan fingerprint density at radius 2 is 2.05 bits per heavy atom. The minimum Gasteiger partial charge on any atom is -0.463 e. The third-order valence-corrected chi connectivity index (χ3v) is 3.58. The van der Waals surface area contributed by atoms with Crippen LogP contribution in [-0.4, -0.2) is 54.4 Å². The van der Waals surface area contributed by atoms with Crippen LogP contribution in [0.15, 0.2) is 0 Å². The minimum absolute atomic E-state index is 0.428. The largest absolute Gasteiger partial charge is 0.463 e. The van der Waals surface area contributed by atoms with Gasteiger partial charge in [-0.1, -0.05) is 6.92 Å². The second kappa shape index (κ2) is 6.89. The number of aromatic nitrogens is 3. The Kier molecular flexibility index (Phi) is 4.69. The van der Waals surface area contributed by atoms with E-state index in [-0.39, 0.29) is 0 Å². The zero-order valence-electron chi connectivity index (χ0n) is 12.5. The number of nitrogens with one attached hydrogen (secondary N) is 1. The topological polar surface area (TPSA) is 72.4 Å². The molecular weight excluding hydrogens is 270 g/mol. The highest BCUT2D eigenvalue weighted by Crippen LogP contribution is 2.29. The summed E-state index contributed by atoms with van der Waals surface area (Å²) < 4.78 is 11.1. The Morgan fingerprint density at radius 3 is 2.76 bits per heavy atom. The molecule has 116 valence electrons. The Hall–Kier alpha value is -1.63. The van der Waals surface area contributed by atoms with Crippen LogP contribution < -0.4 is 15.0 Å². The van der Waals surface area contributed by atoms with Gasteiger partial charge in [0, 0.05) is 19.6 Å². The van der Waals surface area contributed by atoms with Gasteiger partial charge in [-0.2, -0.15) is 15.0 Å². The lowest BCUT2D eigenvalue weighted by molar-refractivity contribution is 0.122. The van der Waals surface area contributed by atoms with Crippen molar-refractivity contribution in [3.8, 4) is 6.01 Å². The molecule has 3 rings (SSSR count). The van der Waals surface area contributed by atoms with Gasteiger partial charge in [0.15, 0.2) is 0 Å². The van der Waals surface area contributed by atoms with Crippen molar-refractivity contribution in [3.63, 3.8) is 0 Å². The molecule has 1 N–H and O–H groups in total. The zero-order valence-corrected chi connectivity index (χ0v) is 12.5. The van der Waals surface area contributed by atoms with Gasteiger partial charge in [0.05, 0.1) is 19.8 Å². The molecule has 1 saturated heterocycles. The molecule has 2 heterocycles. The molecule has 1 aromatic heterocycles. The molecule has 21 heavy (non-hydrogen) atoms. The van der Waals surface area contributed by atoms with Crippen molar-refractivity contribution in [1.29, 1.82) is 0 Å². The second-order valence-electron chi connectivity index (χ2n) is 5.52. The summed E-state index contributed by atoms with van der Waals surface area (Å²) in [6, 6.07) is 0.428. The van der Waals surface area contributed by atoms with Crippen LogP contribution in [0.4, 0.5) is 11.9 Å². The normalized spacial score (nSPS) is 18.6. The maximum Gasteiger partial charge on any atom is 0.323 e. The molecule has 0 amide bonds. The third kappa shape index (κ3) is 4.17. The maximum absolute atomic E-state index is 5.72. The van der Waals surface area contributed by atoms with Crippen molar-refractivity contribution in [3.05, 3.63) is 0 Å². The van der Waals surface area contributed by atoms with E-state index < -0.39 is 0 Å². The van der Waals surface area contributed by atoms with E-state index in [1.807, 2.05) is 0 Å². The number of hydrogen-bond donors (Lipinski definition) is 1. The Labute approximate surface area is 125 Å². The molecule has 7 heteroatoms. The van der Waals surface area contributed by atoms with Crippen LogP contribution in [0.1, 0.15) is 26.2 Å². The zero-order chi connectivity index (χ0) is 14.5. The molecule has 2 aliphatic rings. The molecule has 2 fully saturated rings. The van der Waals surface area contributed by atoms with Gasteiger partial charge in [0.1, 0.15) is 0 Å². The van der Waals surface area contributed by atoms with Crippen LogP contribution in [-0.2, 0) is 4.74 Å². The molecule has 7 nitrogen and oxygen atoms in total. The smallest absolute Gasteiger partial charge is 0.323 e. The first-order valence-electron chi connectivity index (χ1n) is 7.80. The lowest BCUT2D eigenvalue weighted by Gasteiger charge is -2.27. The second-order valence-corrected chi connectivity index (χ2v) is 5.52. The number of rotatable bonds is 7. The summed E-state index contributed by atoms with van der Waals surface area (Å²) in [5.41, 5.74) is 0. The summed E-state index contributed by atoms with van der Waals surface area (Å²) in [6.07, 6.45) is 3.53. The van der Waals surface area contributed by atoms with E-state index in [1.54, 1.807) is 0 Å². The van der Waals surface area contributed by atoms with Gasteiger partial charge in [-0.05, 0) is 25.2 Å². The highest BCUT2D eigenvalue weighted by molar-refractivity contribution is 5.38. The lowest BCUT2D eigenvalue weighted by atomic mass is 10.4. The number of nitrogens with zero attached hydrogens (tertiary/aromatic N) is 4. The fourth-order valence-corrected chi connectivity index (χ4v) is 2.11.